The first-order valence-corrected chi connectivity index (χ1v) is 7.32. The molecule has 0 fully saturated rings. The van der Waals surface area contributed by atoms with E-state index >= 15 is 0 Å². The maximum Gasteiger partial charge on any atom is 0.124 e. The van der Waals surface area contributed by atoms with Crippen LogP contribution >= 0.6 is 11.6 Å². The van der Waals surface area contributed by atoms with Crippen molar-refractivity contribution in [1.29, 1.82) is 0 Å². The molecule has 104 valence electrons. The molecule has 20 heavy (non-hydrogen) atoms. The van der Waals surface area contributed by atoms with Crippen LogP contribution in [0.3, 0.4) is 0 Å². The summed E-state index contributed by atoms with van der Waals surface area (Å²) < 4.78 is 5.70. The largest absolute Gasteiger partial charge is 0.491 e. The Labute approximate surface area is 124 Å². The Bertz CT molecular complexity index is 582. The second-order valence-electron chi connectivity index (χ2n) is 5.30. The molecular weight excluding hydrogens is 270 g/mol. The Morgan fingerprint density at radius 2 is 1.95 bits per heavy atom. The van der Waals surface area contributed by atoms with E-state index in [1.807, 2.05) is 24.3 Å². The molecule has 0 saturated heterocycles. The molecule has 2 aromatic carbocycles. The number of ether oxygens (including phenoxy) is 1. The van der Waals surface area contributed by atoms with E-state index in [1.54, 1.807) is 0 Å². The van der Waals surface area contributed by atoms with E-state index in [4.69, 9.17) is 16.3 Å². The van der Waals surface area contributed by atoms with Gasteiger partial charge in [-0.05, 0) is 37.1 Å². The molecule has 0 saturated carbocycles. The molecule has 0 aliphatic carbocycles. The highest BCUT2D eigenvalue weighted by Gasteiger charge is 2.24. The second kappa shape index (κ2) is 5.86. The van der Waals surface area contributed by atoms with Crippen LogP contribution in [0, 0.1) is 0 Å². The lowest BCUT2D eigenvalue weighted by molar-refractivity contribution is 0.299. The van der Waals surface area contributed by atoms with Gasteiger partial charge in [0, 0.05) is 16.6 Å². The molecule has 0 bridgehead atoms. The van der Waals surface area contributed by atoms with Crippen molar-refractivity contribution in [3.8, 4) is 5.75 Å². The zero-order chi connectivity index (χ0) is 13.9. The quantitative estimate of drug-likeness (QED) is 0.918. The van der Waals surface area contributed by atoms with Gasteiger partial charge in [0.25, 0.3) is 0 Å². The van der Waals surface area contributed by atoms with Gasteiger partial charge < -0.3 is 10.1 Å². The SMILES string of the molecule is CC(Cc1ccc(Cl)cc1)NC1COc2ccccc21. The molecule has 1 N–H and O–H groups in total. The predicted octanol–water partition coefficient (Wildman–Crippen LogP) is 3.99. The number of hydrogen-bond donors (Lipinski definition) is 1. The van der Waals surface area contributed by atoms with E-state index in [9.17, 15) is 0 Å². The van der Waals surface area contributed by atoms with Gasteiger partial charge in [-0.15, -0.1) is 0 Å². The fourth-order valence-corrected chi connectivity index (χ4v) is 2.80. The molecule has 0 aromatic heterocycles. The zero-order valence-corrected chi connectivity index (χ0v) is 12.2. The monoisotopic (exact) mass is 287 g/mol. The predicted molar refractivity (Wildman–Crippen MR) is 82.4 cm³/mol. The van der Waals surface area contributed by atoms with Crippen molar-refractivity contribution < 1.29 is 4.74 Å². The minimum atomic E-state index is 0.286. The molecule has 0 spiro atoms. The van der Waals surface area contributed by atoms with Gasteiger partial charge in [-0.3, -0.25) is 0 Å². The number of para-hydroxylation sites is 1. The molecule has 1 aliphatic rings. The van der Waals surface area contributed by atoms with Crippen molar-refractivity contribution >= 4 is 11.6 Å². The molecule has 2 atom stereocenters. The summed E-state index contributed by atoms with van der Waals surface area (Å²) in [6.07, 6.45) is 0.982. The first-order chi connectivity index (χ1) is 9.72. The third-order valence-corrected chi connectivity index (χ3v) is 3.89. The lowest BCUT2D eigenvalue weighted by Gasteiger charge is -2.19. The highest BCUT2D eigenvalue weighted by atomic mass is 35.5. The molecule has 2 unspecified atom stereocenters. The smallest absolute Gasteiger partial charge is 0.124 e. The third-order valence-electron chi connectivity index (χ3n) is 3.64. The van der Waals surface area contributed by atoms with Gasteiger partial charge in [0.2, 0.25) is 0 Å². The fourth-order valence-electron chi connectivity index (χ4n) is 2.68. The van der Waals surface area contributed by atoms with Crippen LogP contribution in [0.15, 0.2) is 48.5 Å². The summed E-state index contributed by atoms with van der Waals surface area (Å²) in [6.45, 7) is 2.92. The van der Waals surface area contributed by atoms with E-state index < -0.39 is 0 Å². The molecule has 0 amide bonds. The summed E-state index contributed by atoms with van der Waals surface area (Å²) in [7, 11) is 0. The molecule has 2 aromatic rings. The lowest BCUT2D eigenvalue weighted by Crippen LogP contribution is -2.33. The number of hydrogen-bond acceptors (Lipinski definition) is 2. The van der Waals surface area contributed by atoms with Gasteiger partial charge >= 0.3 is 0 Å². The average molecular weight is 288 g/mol. The molecule has 3 heteroatoms. The first kappa shape index (κ1) is 13.5. The van der Waals surface area contributed by atoms with E-state index in [0.717, 1.165) is 17.2 Å². The Hall–Kier alpha value is -1.51. The third kappa shape index (κ3) is 2.97. The van der Waals surface area contributed by atoms with Crippen molar-refractivity contribution in [1.82, 2.24) is 5.32 Å². The van der Waals surface area contributed by atoms with Crippen molar-refractivity contribution in [2.45, 2.75) is 25.4 Å². The van der Waals surface area contributed by atoms with Crippen LogP contribution in [0.25, 0.3) is 0 Å². The average Bonchev–Trinajstić information content (AvgIpc) is 2.85. The lowest BCUT2D eigenvalue weighted by atomic mass is 10.0. The van der Waals surface area contributed by atoms with Crippen LogP contribution in [-0.2, 0) is 6.42 Å². The molecule has 1 aliphatic heterocycles. The zero-order valence-electron chi connectivity index (χ0n) is 11.5. The standard InChI is InChI=1S/C17H18ClNO/c1-12(10-13-6-8-14(18)9-7-13)19-16-11-20-17-5-3-2-4-15(16)17/h2-9,12,16,19H,10-11H2,1H3. The van der Waals surface area contributed by atoms with Crippen molar-refractivity contribution in [3.63, 3.8) is 0 Å². The summed E-state index contributed by atoms with van der Waals surface area (Å²) in [4.78, 5) is 0. The summed E-state index contributed by atoms with van der Waals surface area (Å²) >= 11 is 5.91. The van der Waals surface area contributed by atoms with Gasteiger partial charge in [0.05, 0.1) is 6.04 Å². The normalized spacial score (nSPS) is 18.4. The molecule has 3 rings (SSSR count). The Morgan fingerprint density at radius 3 is 2.75 bits per heavy atom. The van der Waals surface area contributed by atoms with Crippen LogP contribution in [0.2, 0.25) is 5.02 Å². The van der Waals surface area contributed by atoms with Crippen LogP contribution in [0.5, 0.6) is 5.75 Å². The van der Waals surface area contributed by atoms with Crippen molar-refractivity contribution in [2.75, 3.05) is 6.61 Å². The van der Waals surface area contributed by atoms with Crippen LogP contribution in [0.1, 0.15) is 24.1 Å². The maximum atomic E-state index is 5.91. The van der Waals surface area contributed by atoms with Gasteiger partial charge in [0.1, 0.15) is 12.4 Å². The van der Waals surface area contributed by atoms with E-state index in [0.29, 0.717) is 12.6 Å². The van der Waals surface area contributed by atoms with Crippen LogP contribution in [0.4, 0.5) is 0 Å². The summed E-state index contributed by atoms with van der Waals surface area (Å²) in [6, 6.07) is 17.0. The molecule has 1 heterocycles. The van der Waals surface area contributed by atoms with E-state index in [1.165, 1.54) is 11.1 Å². The highest BCUT2D eigenvalue weighted by Crippen LogP contribution is 2.32. The van der Waals surface area contributed by atoms with Crippen LogP contribution < -0.4 is 10.1 Å². The van der Waals surface area contributed by atoms with E-state index in [-0.39, 0.29) is 6.04 Å². The summed E-state index contributed by atoms with van der Waals surface area (Å²) in [5.74, 6) is 1.00. The number of benzene rings is 2. The Morgan fingerprint density at radius 1 is 1.20 bits per heavy atom. The summed E-state index contributed by atoms with van der Waals surface area (Å²) in [5, 5.41) is 4.42. The minimum absolute atomic E-state index is 0.286. The van der Waals surface area contributed by atoms with Crippen LogP contribution in [-0.4, -0.2) is 12.6 Å². The van der Waals surface area contributed by atoms with E-state index in [2.05, 4.69) is 36.5 Å². The number of rotatable bonds is 4. The van der Waals surface area contributed by atoms with Crippen molar-refractivity contribution in [3.05, 3.63) is 64.7 Å². The van der Waals surface area contributed by atoms with Gasteiger partial charge in [-0.1, -0.05) is 41.9 Å². The minimum Gasteiger partial charge on any atom is -0.491 e. The summed E-state index contributed by atoms with van der Waals surface area (Å²) in [5.41, 5.74) is 2.55. The van der Waals surface area contributed by atoms with Crippen molar-refractivity contribution in [2.24, 2.45) is 0 Å². The Kier molecular flexibility index (Phi) is 3.95. The van der Waals surface area contributed by atoms with Gasteiger partial charge in [-0.2, -0.15) is 0 Å². The second-order valence-corrected chi connectivity index (χ2v) is 5.74. The number of nitrogens with one attached hydrogen (secondary N) is 1. The van der Waals surface area contributed by atoms with Gasteiger partial charge in [0.15, 0.2) is 0 Å². The maximum absolute atomic E-state index is 5.91. The first-order valence-electron chi connectivity index (χ1n) is 6.94. The molecular formula is C17H18ClNO. The highest BCUT2D eigenvalue weighted by molar-refractivity contribution is 6.30. The topological polar surface area (TPSA) is 21.3 Å². The Balaban J connectivity index is 1.62. The molecule has 2 nitrogen and oxygen atoms in total. The number of halogens is 1. The van der Waals surface area contributed by atoms with Gasteiger partial charge in [-0.25, -0.2) is 0 Å². The fraction of sp³-hybridized carbons (Fsp3) is 0.294. The molecule has 0 radical (unpaired) electrons. The number of fused-ring (bicyclic) bond motifs is 1.